The molecule has 0 aromatic heterocycles. The van der Waals surface area contributed by atoms with Gasteiger partial charge in [0, 0.05) is 16.3 Å². The molecule has 2 aromatic rings. The summed E-state index contributed by atoms with van der Waals surface area (Å²) in [5.74, 6) is 1.38. The van der Waals surface area contributed by atoms with Crippen LogP contribution in [0.2, 0.25) is 0 Å². The molecule has 0 aliphatic rings. The number of nitrogens with one attached hydrogen (secondary N) is 1. The molecule has 0 unspecified atom stereocenters. The summed E-state index contributed by atoms with van der Waals surface area (Å²) in [5, 5.41) is 3.06. The van der Waals surface area contributed by atoms with Crippen molar-refractivity contribution in [3.63, 3.8) is 0 Å². The Morgan fingerprint density at radius 3 is 2.32 bits per heavy atom. The maximum atomic E-state index is 5.81. The molecule has 0 fully saturated rings. The Kier molecular flexibility index (Phi) is 5.31. The topological polar surface area (TPSA) is 50.4 Å². The average Bonchev–Trinajstić information content (AvgIpc) is 2.46. The van der Waals surface area contributed by atoms with Crippen molar-refractivity contribution in [3.05, 3.63) is 60.7 Å². The van der Waals surface area contributed by atoms with E-state index in [1.165, 1.54) is 4.90 Å². The van der Waals surface area contributed by atoms with Gasteiger partial charge in [-0.05, 0) is 24.3 Å². The number of rotatable bonds is 5. The Balaban J connectivity index is 1.73. The molecule has 0 saturated carbocycles. The van der Waals surface area contributed by atoms with Crippen LogP contribution in [-0.4, -0.2) is 18.3 Å². The van der Waals surface area contributed by atoms with Gasteiger partial charge in [0.25, 0.3) is 0 Å². The lowest BCUT2D eigenvalue weighted by molar-refractivity contribution is 1.13. The predicted octanol–water partition coefficient (Wildman–Crippen LogP) is 3.21. The number of para-hydroxylation sites is 1. The number of benzene rings is 2. The Morgan fingerprint density at radius 1 is 1.00 bits per heavy atom. The second kappa shape index (κ2) is 7.48. The quantitative estimate of drug-likeness (QED) is 0.380. The highest BCUT2D eigenvalue weighted by molar-refractivity contribution is 7.99. The lowest BCUT2D eigenvalue weighted by Gasteiger charge is -2.05. The van der Waals surface area contributed by atoms with Crippen LogP contribution in [0.1, 0.15) is 0 Å². The highest BCUT2D eigenvalue weighted by Crippen LogP contribution is 2.16. The first-order chi connectivity index (χ1) is 9.34. The van der Waals surface area contributed by atoms with E-state index in [9.17, 15) is 0 Å². The van der Waals surface area contributed by atoms with Crippen molar-refractivity contribution in [2.45, 2.75) is 4.90 Å². The van der Waals surface area contributed by atoms with Crippen molar-refractivity contribution >= 4 is 23.4 Å². The zero-order valence-corrected chi connectivity index (χ0v) is 11.4. The summed E-state index contributed by atoms with van der Waals surface area (Å²) < 4.78 is 0. The van der Waals surface area contributed by atoms with Crippen molar-refractivity contribution in [2.24, 2.45) is 10.7 Å². The number of hydrogen-bond donors (Lipinski definition) is 2. The highest BCUT2D eigenvalue weighted by Gasteiger charge is 1.94. The van der Waals surface area contributed by atoms with Gasteiger partial charge in [-0.3, -0.25) is 4.99 Å². The van der Waals surface area contributed by atoms with Crippen LogP contribution in [0.15, 0.2) is 70.6 Å². The second-order valence-electron chi connectivity index (χ2n) is 3.92. The summed E-state index contributed by atoms with van der Waals surface area (Å²) in [6, 6.07) is 20.1. The molecule has 3 N–H and O–H groups in total. The molecule has 0 spiro atoms. The summed E-state index contributed by atoms with van der Waals surface area (Å²) in [7, 11) is 0. The van der Waals surface area contributed by atoms with Crippen LogP contribution < -0.4 is 11.1 Å². The molecule has 0 atom stereocenters. The van der Waals surface area contributed by atoms with E-state index in [1.54, 1.807) is 11.8 Å². The smallest absolute Gasteiger partial charge is 0.193 e. The second-order valence-corrected chi connectivity index (χ2v) is 5.09. The van der Waals surface area contributed by atoms with Crippen LogP contribution in [0.3, 0.4) is 0 Å². The molecule has 98 valence electrons. The van der Waals surface area contributed by atoms with Gasteiger partial charge in [-0.2, -0.15) is 0 Å². The lowest BCUT2D eigenvalue weighted by atomic mass is 10.3. The van der Waals surface area contributed by atoms with Crippen LogP contribution in [0.4, 0.5) is 5.69 Å². The van der Waals surface area contributed by atoms with Crippen LogP contribution in [0.25, 0.3) is 0 Å². The number of anilines is 1. The molecule has 0 aliphatic heterocycles. The average molecular weight is 271 g/mol. The monoisotopic (exact) mass is 271 g/mol. The van der Waals surface area contributed by atoms with Gasteiger partial charge in [-0.15, -0.1) is 11.8 Å². The lowest BCUT2D eigenvalue weighted by Crippen LogP contribution is -2.22. The Morgan fingerprint density at radius 2 is 1.63 bits per heavy atom. The van der Waals surface area contributed by atoms with Crippen molar-refractivity contribution < 1.29 is 0 Å². The van der Waals surface area contributed by atoms with Gasteiger partial charge in [0.15, 0.2) is 5.96 Å². The third-order valence-corrected chi connectivity index (χ3v) is 3.42. The fraction of sp³-hybridized carbons (Fsp3) is 0.133. The summed E-state index contributed by atoms with van der Waals surface area (Å²) in [4.78, 5) is 5.55. The van der Waals surface area contributed by atoms with E-state index in [4.69, 9.17) is 5.73 Å². The maximum Gasteiger partial charge on any atom is 0.193 e. The molecule has 2 rings (SSSR count). The van der Waals surface area contributed by atoms with Gasteiger partial charge in [0.05, 0.1) is 6.54 Å². The van der Waals surface area contributed by atoms with Gasteiger partial charge in [0.1, 0.15) is 0 Å². The van der Waals surface area contributed by atoms with E-state index in [0.29, 0.717) is 12.5 Å². The Bertz CT molecular complexity index is 511. The molecule has 4 heteroatoms. The van der Waals surface area contributed by atoms with Gasteiger partial charge < -0.3 is 11.1 Å². The third kappa shape index (κ3) is 5.06. The summed E-state index contributed by atoms with van der Waals surface area (Å²) in [6.45, 7) is 0.700. The number of hydrogen-bond acceptors (Lipinski definition) is 2. The molecule has 3 nitrogen and oxygen atoms in total. The zero-order chi connectivity index (χ0) is 13.3. The molecule has 0 radical (unpaired) electrons. The fourth-order valence-corrected chi connectivity index (χ4v) is 2.32. The Hall–Kier alpha value is -1.94. The van der Waals surface area contributed by atoms with Crippen LogP contribution >= 0.6 is 11.8 Å². The standard InChI is InChI=1S/C15H17N3S/c16-15(18-13-7-3-1-4-8-13)17-11-12-19-14-9-5-2-6-10-14/h1-10H,11-12H2,(H3,16,17,18). The van der Waals surface area contributed by atoms with Crippen LogP contribution in [0, 0.1) is 0 Å². The van der Waals surface area contributed by atoms with E-state index in [0.717, 1.165) is 11.4 Å². The van der Waals surface area contributed by atoms with Crippen molar-refractivity contribution in [2.75, 3.05) is 17.6 Å². The normalized spacial score (nSPS) is 11.3. The van der Waals surface area contributed by atoms with Crippen molar-refractivity contribution in [1.82, 2.24) is 0 Å². The van der Waals surface area contributed by atoms with Crippen molar-refractivity contribution in [1.29, 1.82) is 0 Å². The minimum Gasteiger partial charge on any atom is -0.370 e. The first kappa shape index (κ1) is 13.5. The molecular weight excluding hydrogens is 254 g/mol. The van der Waals surface area contributed by atoms with E-state index in [-0.39, 0.29) is 0 Å². The van der Waals surface area contributed by atoms with E-state index >= 15 is 0 Å². The molecule has 2 aromatic carbocycles. The first-order valence-corrected chi connectivity index (χ1v) is 7.13. The van der Waals surface area contributed by atoms with E-state index in [1.807, 2.05) is 48.5 Å². The molecule has 0 bridgehead atoms. The molecule has 0 amide bonds. The molecule has 0 saturated heterocycles. The molecule has 19 heavy (non-hydrogen) atoms. The summed E-state index contributed by atoms with van der Waals surface area (Å²) in [6.07, 6.45) is 0. The number of aliphatic imine (C=N–C) groups is 1. The maximum absolute atomic E-state index is 5.81. The number of nitrogens with zero attached hydrogens (tertiary/aromatic N) is 1. The molecule has 0 heterocycles. The zero-order valence-electron chi connectivity index (χ0n) is 10.6. The minimum atomic E-state index is 0.458. The first-order valence-electron chi connectivity index (χ1n) is 6.14. The van der Waals surface area contributed by atoms with Gasteiger partial charge in [0.2, 0.25) is 0 Å². The van der Waals surface area contributed by atoms with E-state index < -0.39 is 0 Å². The van der Waals surface area contributed by atoms with Gasteiger partial charge >= 0.3 is 0 Å². The van der Waals surface area contributed by atoms with Crippen molar-refractivity contribution in [3.8, 4) is 0 Å². The van der Waals surface area contributed by atoms with E-state index in [2.05, 4.69) is 22.4 Å². The highest BCUT2D eigenvalue weighted by atomic mass is 32.2. The van der Waals surface area contributed by atoms with Crippen LogP contribution in [-0.2, 0) is 0 Å². The van der Waals surface area contributed by atoms with Gasteiger partial charge in [-0.25, -0.2) is 0 Å². The fourth-order valence-electron chi connectivity index (χ4n) is 1.56. The minimum absolute atomic E-state index is 0.458. The third-order valence-electron chi connectivity index (χ3n) is 2.43. The van der Waals surface area contributed by atoms with Gasteiger partial charge in [-0.1, -0.05) is 36.4 Å². The largest absolute Gasteiger partial charge is 0.370 e. The molecular formula is C15H17N3S. The SMILES string of the molecule is NC(=NCCSc1ccccc1)Nc1ccccc1. The summed E-state index contributed by atoms with van der Waals surface area (Å²) >= 11 is 1.78. The number of guanidine groups is 1. The summed E-state index contributed by atoms with van der Waals surface area (Å²) in [5.41, 5.74) is 6.77. The predicted molar refractivity (Wildman–Crippen MR) is 83.7 cm³/mol. The number of nitrogens with two attached hydrogens (primary N) is 1. The molecule has 0 aliphatic carbocycles. The van der Waals surface area contributed by atoms with Crippen LogP contribution in [0.5, 0.6) is 0 Å². The Labute approximate surface area is 117 Å². The number of thioether (sulfide) groups is 1.